The van der Waals surface area contributed by atoms with E-state index in [1.807, 2.05) is 25.1 Å². The minimum absolute atomic E-state index is 0.157. The number of aryl methyl sites for hydroxylation is 2. The van der Waals surface area contributed by atoms with Gasteiger partial charge >= 0.3 is 0 Å². The number of anilines is 1. The number of amides is 1. The third kappa shape index (κ3) is 3.03. The van der Waals surface area contributed by atoms with Crippen LogP contribution in [0, 0.1) is 6.92 Å². The highest BCUT2D eigenvalue weighted by atomic mass is 16.1. The van der Waals surface area contributed by atoms with E-state index in [0.29, 0.717) is 17.9 Å². The molecule has 3 rings (SSSR count). The predicted octanol–water partition coefficient (Wildman–Crippen LogP) is 1.62. The monoisotopic (exact) mass is 296 g/mol. The molecule has 0 aliphatic heterocycles. The Balaban J connectivity index is 1.69. The number of nitrogens with one attached hydrogen (secondary N) is 1. The van der Waals surface area contributed by atoms with Gasteiger partial charge in [0, 0.05) is 18.7 Å². The molecule has 0 spiro atoms. The van der Waals surface area contributed by atoms with E-state index in [1.54, 1.807) is 34.9 Å². The van der Waals surface area contributed by atoms with E-state index < -0.39 is 0 Å². The average molecular weight is 296 g/mol. The van der Waals surface area contributed by atoms with E-state index in [2.05, 4.69) is 20.5 Å². The van der Waals surface area contributed by atoms with Crippen LogP contribution in [0.15, 0.2) is 43.0 Å². The number of hydrogen-bond acceptors (Lipinski definition) is 4. The summed E-state index contributed by atoms with van der Waals surface area (Å²) in [5.74, 6) is 0.518. The highest BCUT2D eigenvalue weighted by Gasteiger charge is 2.09. The van der Waals surface area contributed by atoms with Crippen LogP contribution in [-0.2, 0) is 13.6 Å². The second kappa shape index (κ2) is 5.80. The molecule has 2 aromatic heterocycles. The van der Waals surface area contributed by atoms with Gasteiger partial charge in [0.1, 0.15) is 18.5 Å². The lowest BCUT2D eigenvalue weighted by Gasteiger charge is -2.06. The number of hydrogen-bond donors (Lipinski definition) is 1. The fourth-order valence-corrected chi connectivity index (χ4v) is 2.18. The molecule has 1 N–H and O–H groups in total. The molecule has 0 radical (unpaired) electrons. The van der Waals surface area contributed by atoms with Crippen LogP contribution in [0.3, 0.4) is 0 Å². The van der Waals surface area contributed by atoms with Gasteiger partial charge < -0.3 is 5.32 Å². The summed E-state index contributed by atoms with van der Waals surface area (Å²) in [7, 11) is 1.80. The van der Waals surface area contributed by atoms with E-state index in [1.165, 1.54) is 6.33 Å². The fraction of sp³-hybridized carbons (Fsp3) is 0.200. The molecule has 2 heterocycles. The quantitative estimate of drug-likeness (QED) is 0.793. The normalized spacial score (nSPS) is 10.6. The van der Waals surface area contributed by atoms with Crippen LogP contribution in [-0.4, -0.2) is 30.5 Å². The van der Waals surface area contributed by atoms with Crippen LogP contribution in [0.2, 0.25) is 0 Å². The van der Waals surface area contributed by atoms with Crippen molar-refractivity contribution in [2.24, 2.45) is 7.05 Å². The summed E-state index contributed by atoms with van der Waals surface area (Å²) < 4.78 is 3.37. The molecule has 1 amide bonds. The maximum absolute atomic E-state index is 12.2. The molecule has 1 aromatic carbocycles. The Morgan fingerprint density at radius 1 is 1.27 bits per heavy atom. The smallest absolute Gasteiger partial charge is 0.256 e. The molecule has 7 nitrogen and oxygen atoms in total. The van der Waals surface area contributed by atoms with Gasteiger partial charge in [0.05, 0.1) is 12.2 Å². The van der Waals surface area contributed by atoms with Crippen molar-refractivity contribution in [3.63, 3.8) is 0 Å². The summed E-state index contributed by atoms with van der Waals surface area (Å²) in [5, 5.41) is 11.1. The first-order valence-electron chi connectivity index (χ1n) is 6.85. The second-order valence-corrected chi connectivity index (χ2v) is 5.04. The topological polar surface area (TPSA) is 77.6 Å². The lowest BCUT2D eigenvalue weighted by atomic mass is 10.1. The highest BCUT2D eigenvalue weighted by molar-refractivity contribution is 6.03. The maximum Gasteiger partial charge on any atom is 0.256 e. The molecule has 0 unspecified atom stereocenters. The number of rotatable bonds is 4. The Morgan fingerprint density at radius 2 is 2.05 bits per heavy atom. The van der Waals surface area contributed by atoms with Crippen LogP contribution >= 0.6 is 0 Å². The summed E-state index contributed by atoms with van der Waals surface area (Å²) in [5.41, 5.74) is 2.51. The van der Waals surface area contributed by atoms with E-state index in [9.17, 15) is 4.79 Å². The third-order valence-electron chi connectivity index (χ3n) is 3.27. The van der Waals surface area contributed by atoms with Crippen LogP contribution < -0.4 is 5.32 Å². The summed E-state index contributed by atoms with van der Waals surface area (Å²) >= 11 is 0. The van der Waals surface area contributed by atoms with Crippen LogP contribution in [0.5, 0.6) is 0 Å². The van der Waals surface area contributed by atoms with E-state index in [0.717, 1.165) is 11.3 Å². The lowest BCUT2D eigenvalue weighted by Crippen LogP contribution is -2.14. The number of benzene rings is 1. The van der Waals surface area contributed by atoms with Crippen molar-refractivity contribution in [3.8, 4) is 0 Å². The average Bonchev–Trinajstić information content (AvgIpc) is 3.10. The first-order chi connectivity index (χ1) is 10.6. The Kier molecular flexibility index (Phi) is 3.69. The Hall–Kier alpha value is -2.96. The van der Waals surface area contributed by atoms with Gasteiger partial charge in [-0.3, -0.25) is 9.48 Å². The minimum atomic E-state index is -0.157. The molecule has 3 aromatic rings. The molecule has 7 heteroatoms. The Bertz CT molecular complexity index is 773. The molecular formula is C15H16N6O. The molecule has 22 heavy (non-hydrogen) atoms. The molecule has 0 aliphatic rings. The summed E-state index contributed by atoms with van der Waals surface area (Å²) in [6, 6.07) is 9.24. The van der Waals surface area contributed by atoms with Gasteiger partial charge in [0.15, 0.2) is 0 Å². The van der Waals surface area contributed by atoms with E-state index in [-0.39, 0.29) is 5.91 Å². The number of nitrogens with zero attached hydrogens (tertiary/aromatic N) is 5. The van der Waals surface area contributed by atoms with Gasteiger partial charge in [0.2, 0.25) is 0 Å². The molecule has 112 valence electrons. The Morgan fingerprint density at radius 3 is 2.64 bits per heavy atom. The zero-order valence-electron chi connectivity index (χ0n) is 12.4. The van der Waals surface area contributed by atoms with Gasteiger partial charge in [-0.2, -0.15) is 10.2 Å². The first kappa shape index (κ1) is 14.0. The van der Waals surface area contributed by atoms with Crippen molar-refractivity contribution >= 4 is 11.7 Å². The number of carbonyl (C=O) groups is 1. The second-order valence-electron chi connectivity index (χ2n) is 5.04. The largest absolute Gasteiger partial charge is 0.307 e. The van der Waals surface area contributed by atoms with Crippen molar-refractivity contribution in [2.75, 3.05) is 5.32 Å². The van der Waals surface area contributed by atoms with Crippen molar-refractivity contribution in [1.29, 1.82) is 0 Å². The maximum atomic E-state index is 12.2. The highest BCUT2D eigenvalue weighted by Crippen LogP contribution is 2.11. The summed E-state index contributed by atoms with van der Waals surface area (Å²) in [6.07, 6.45) is 3.16. The SMILES string of the molecule is Cc1cc(NC(=O)c2ccc(Cn3cncn3)cc2)n(C)n1. The summed E-state index contributed by atoms with van der Waals surface area (Å²) in [6.45, 7) is 2.51. The van der Waals surface area contributed by atoms with Crippen LogP contribution in [0.1, 0.15) is 21.6 Å². The molecule has 0 bridgehead atoms. The zero-order chi connectivity index (χ0) is 15.5. The minimum Gasteiger partial charge on any atom is -0.307 e. The molecule has 0 aliphatic carbocycles. The van der Waals surface area contributed by atoms with Crippen molar-refractivity contribution < 1.29 is 4.79 Å². The van der Waals surface area contributed by atoms with E-state index in [4.69, 9.17) is 0 Å². The van der Waals surface area contributed by atoms with Crippen molar-refractivity contribution in [2.45, 2.75) is 13.5 Å². The van der Waals surface area contributed by atoms with E-state index >= 15 is 0 Å². The number of carbonyl (C=O) groups excluding carboxylic acids is 1. The zero-order valence-corrected chi connectivity index (χ0v) is 12.4. The van der Waals surface area contributed by atoms with Gasteiger partial charge in [-0.25, -0.2) is 9.67 Å². The predicted molar refractivity (Wildman–Crippen MR) is 81.5 cm³/mol. The first-order valence-corrected chi connectivity index (χ1v) is 6.85. The van der Waals surface area contributed by atoms with Gasteiger partial charge in [0.25, 0.3) is 5.91 Å². The van der Waals surface area contributed by atoms with Crippen LogP contribution in [0.25, 0.3) is 0 Å². The van der Waals surface area contributed by atoms with Gasteiger partial charge in [-0.05, 0) is 24.6 Å². The Labute approximate surface area is 127 Å². The van der Waals surface area contributed by atoms with Crippen molar-refractivity contribution in [3.05, 3.63) is 59.8 Å². The van der Waals surface area contributed by atoms with Crippen LogP contribution in [0.4, 0.5) is 5.82 Å². The molecule has 0 fully saturated rings. The van der Waals surface area contributed by atoms with Crippen molar-refractivity contribution in [1.82, 2.24) is 24.5 Å². The standard InChI is InChI=1S/C15H16N6O/c1-11-7-14(20(2)19-11)18-15(22)13-5-3-12(4-6-13)8-21-10-16-9-17-21/h3-7,9-10H,8H2,1-2H3,(H,18,22). The molecule has 0 atom stereocenters. The third-order valence-corrected chi connectivity index (χ3v) is 3.27. The molecular weight excluding hydrogens is 280 g/mol. The molecule has 0 saturated heterocycles. The summed E-state index contributed by atoms with van der Waals surface area (Å²) in [4.78, 5) is 16.1. The lowest BCUT2D eigenvalue weighted by molar-refractivity contribution is 0.102. The molecule has 0 saturated carbocycles. The number of aromatic nitrogens is 5. The van der Waals surface area contributed by atoms with Gasteiger partial charge in [-0.1, -0.05) is 12.1 Å². The van der Waals surface area contributed by atoms with Gasteiger partial charge in [-0.15, -0.1) is 0 Å². The fourth-order valence-electron chi connectivity index (χ4n) is 2.18.